The zero-order chi connectivity index (χ0) is 14.1. The van der Waals surface area contributed by atoms with Crippen LogP contribution in [0.2, 0.25) is 0 Å². The predicted molar refractivity (Wildman–Crippen MR) is 84.2 cm³/mol. The number of nitrogens with zero attached hydrogens (tertiary/aromatic N) is 1. The molecule has 0 aliphatic carbocycles. The fraction of sp³-hybridized carbons (Fsp3) is 0.0625. The van der Waals surface area contributed by atoms with Crippen molar-refractivity contribution in [3.63, 3.8) is 0 Å². The number of benzene rings is 2. The van der Waals surface area contributed by atoms with Gasteiger partial charge in [0.1, 0.15) is 5.69 Å². The monoisotopic (exact) mass is 328 g/mol. The topological polar surface area (TPSA) is 52.0 Å². The molecule has 100 valence electrons. The Labute approximate surface area is 125 Å². The van der Waals surface area contributed by atoms with Crippen LogP contribution in [0.1, 0.15) is 5.56 Å². The largest absolute Gasteiger partial charge is 0.367 e. The molecule has 0 spiro atoms. The highest BCUT2D eigenvalue weighted by Crippen LogP contribution is 2.37. The molecule has 0 aliphatic rings. The van der Waals surface area contributed by atoms with Gasteiger partial charge in [-0.25, -0.2) is 0 Å². The molecule has 0 unspecified atom stereocenters. The zero-order valence-corrected chi connectivity index (χ0v) is 12.5. The number of hydrogen-bond acceptors (Lipinski definition) is 3. The molecule has 0 saturated carbocycles. The van der Waals surface area contributed by atoms with Crippen LogP contribution in [-0.4, -0.2) is 5.16 Å². The Morgan fingerprint density at radius 2 is 1.90 bits per heavy atom. The van der Waals surface area contributed by atoms with Crippen LogP contribution in [0, 0.1) is 6.92 Å². The summed E-state index contributed by atoms with van der Waals surface area (Å²) in [6, 6.07) is 16.0. The summed E-state index contributed by atoms with van der Waals surface area (Å²) < 4.78 is 6.20. The molecule has 0 saturated heterocycles. The van der Waals surface area contributed by atoms with Gasteiger partial charge in [0.2, 0.25) is 5.88 Å². The van der Waals surface area contributed by atoms with Crippen LogP contribution in [0.5, 0.6) is 0 Å². The number of nitrogens with two attached hydrogens (primary N) is 1. The van der Waals surface area contributed by atoms with E-state index < -0.39 is 0 Å². The van der Waals surface area contributed by atoms with Gasteiger partial charge >= 0.3 is 0 Å². The van der Waals surface area contributed by atoms with Gasteiger partial charge in [-0.3, -0.25) is 0 Å². The molecule has 3 rings (SSSR count). The van der Waals surface area contributed by atoms with E-state index in [0.717, 1.165) is 32.4 Å². The van der Waals surface area contributed by atoms with E-state index in [2.05, 4.69) is 21.1 Å². The summed E-state index contributed by atoms with van der Waals surface area (Å²) in [7, 11) is 0. The number of aryl methyl sites for hydroxylation is 1. The number of rotatable bonds is 2. The van der Waals surface area contributed by atoms with Crippen molar-refractivity contribution in [2.75, 3.05) is 5.73 Å². The molecule has 2 N–H and O–H groups in total. The summed E-state index contributed by atoms with van der Waals surface area (Å²) in [5.41, 5.74) is 10.7. The molecule has 1 heterocycles. The lowest BCUT2D eigenvalue weighted by Gasteiger charge is -2.06. The molecule has 0 atom stereocenters. The third kappa shape index (κ3) is 2.23. The summed E-state index contributed by atoms with van der Waals surface area (Å²) in [5.74, 6) is 0.335. The summed E-state index contributed by atoms with van der Waals surface area (Å²) in [6.45, 7) is 2.05. The Bertz CT molecular complexity index is 765. The molecular formula is C16H13BrN2O. The lowest BCUT2D eigenvalue weighted by atomic mass is 9.98. The number of hydrogen-bond donors (Lipinski definition) is 1. The second-order valence-corrected chi connectivity index (χ2v) is 5.51. The number of halogens is 1. The summed E-state index contributed by atoms with van der Waals surface area (Å²) in [4.78, 5) is 0. The minimum Gasteiger partial charge on any atom is -0.367 e. The smallest absolute Gasteiger partial charge is 0.230 e. The van der Waals surface area contributed by atoms with Crippen molar-refractivity contribution >= 4 is 21.8 Å². The first-order chi connectivity index (χ1) is 9.66. The van der Waals surface area contributed by atoms with Crippen molar-refractivity contribution in [3.8, 4) is 22.4 Å². The Morgan fingerprint density at radius 1 is 1.10 bits per heavy atom. The highest BCUT2D eigenvalue weighted by atomic mass is 79.9. The van der Waals surface area contributed by atoms with Crippen molar-refractivity contribution in [2.45, 2.75) is 6.92 Å². The quantitative estimate of drug-likeness (QED) is 0.744. The molecule has 20 heavy (non-hydrogen) atoms. The third-order valence-electron chi connectivity index (χ3n) is 3.23. The first-order valence-electron chi connectivity index (χ1n) is 6.24. The highest BCUT2D eigenvalue weighted by molar-refractivity contribution is 9.10. The minimum atomic E-state index is 0.335. The maximum atomic E-state index is 5.97. The summed E-state index contributed by atoms with van der Waals surface area (Å²) in [5, 5.41) is 4.14. The van der Waals surface area contributed by atoms with Gasteiger partial charge < -0.3 is 10.3 Å². The van der Waals surface area contributed by atoms with Crippen molar-refractivity contribution in [1.82, 2.24) is 5.16 Å². The Balaban J connectivity index is 2.23. The van der Waals surface area contributed by atoms with Gasteiger partial charge in [0, 0.05) is 10.0 Å². The maximum absolute atomic E-state index is 5.97. The first-order valence-corrected chi connectivity index (χ1v) is 7.03. The molecule has 3 nitrogen and oxygen atoms in total. The molecule has 0 fully saturated rings. The molecule has 4 heteroatoms. The van der Waals surface area contributed by atoms with E-state index in [4.69, 9.17) is 10.3 Å². The molecule has 0 radical (unpaired) electrons. The Kier molecular flexibility index (Phi) is 3.32. The van der Waals surface area contributed by atoms with Crippen molar-refractivity contribution < 1.29 is 4.52 Å². The van der Waals surface area contributed by atoms with E-state index in [1.165, 1.54) is 0 Å². The number of aromatic nitrogens is 1. The van der Waals surface area contributed by atoms with Gasteiger partial charge in [-0.05, 0) is 30.2 Å². The molecule has 0 amide bonds. The Hall–Kier alpha value is -2.07. The molecular weight excluding hydrogens is 316 g/mol. The molecule has 0 aliphatic heterocycles. The summed E-state index contributed by atoms with van der Waals surface area (Å²) >= 11 is 3.48. The van der Waals surface area contributed by atoms with Gasteiger partial charge in [-0.15, -0.1) is 0 Å². The van der Waals surface area contributed by atoms with E-state index in [0.29, 0.717) is 5.88 Å². The normalized spacial score (nSPS) is 10.7. The predicted octanol–water partition coefficient (Wildman–Crippen LogP) is 4.66. The lowest BCUT2D eigenvalue weighted by molar-refractivity contribution is 0.439. The average molecular weight is 329 g/mol. The van der Waals surface area contributed by atoms with Crippen molar-refractivity contribution in [2.24, 2.45) is 0 Å². The first kappa shape index (κ1) is 12.9. The van der Waals surface area contributed by atoms with Crippen LogP contribution in [-0.2, 0) is 0 Å². The average Bonchev–Trinajstić information content (AvgIpc) is 2.81. The standard InChI is InChI=1S/C16H13BrN2O/c1-10-5-2-3-8-13(10)15-14(16(18)20-19-15)11-6-4-7-12(17)9-11/h2-9H,18H2,1H3. The van der Waals surface area contributed by atoms with E-state index in [1.54, 1.807) is 0 Å². The second kappa shape index (κ2) is 5.13. The van der Waals surface area contributed by atoms with E-state index in [-0.39, 0.29) is 0 Å². The van der Waals surface area contributed by atoms with Crippen molar-refractivity contribution in [3.05, 3.63) is 58.6 Å². The summed E-state index contributed by atoms with van der Waals surface area (Å²) in [6.07, 6.45) is 0. The van der Waals surface area contributed by atoms with Gasteiger partial charge in [0.15, 0.2) is 0 Å². The number of nitrogen functional groups attached to an aromatic ring is 1. The molecule has 0 bridgehead atoms. The molecule has 2 aromatic carbocycles. The van der Waals surface area contributed by atoms with Gasteiger partial charge in [0.25, 0.3) is 0 Å². The van der Waals surface area contributed by atoms with E-state index in [1.807, 2.05) is 55.5 Å². The molecule has 3 aromatic rings. The zero-order valence-electron chi connectivity index (χ0n) is 10.9. The van der Waals surface area contributed by atoms with Gasteiger partial charge in [0.05, 0.1) is 5.56 Å². The van der Waals surface area contributed by atoms with Gasteiger partial charge in [-0.2, -0.15) is 0 Å². The fourth-order valence-electron chi connectivity index (χ4n) is 2.25. The van der Waals surface area contributed by atoms with Crippen LogP contribution >= 0.6 is 15.9 Å². The Morgan fingerprint density at radius 3 is 2.65 bits per heavy atom. The van der Waals surface area contributed by atoms with Crippen LogP contribution in [0.4, 0.5) is 5.88 Å². The second-order valence-electron chi connectivity index (χ2n) is 4.60. The SMILES string of the molecule is Cc1ccccc1-c1noc(N)c1-c1cccc(Br)c1. The van der Waals surface area contributed by atoms with E-state index in [9.17, 15) is 0 Å². The third-order valence-corrected chi connectivity index (χ3v) is 3.73. The fourth-order valence-corrected chi connectivity index (χ4v) is 2.65. The van der Waals surface area contributed by atoms with Crippen LogP contribution < -0.4 is 5.73 Å². The van der Waals surface area contributed by atoms with Crippen LogP contribution in [0.15, 0.2) is 57.5 Å². The molecule has 1 aromatic heterocycles. The van der Waals surface area contributed by atoms with Crippen LogP contribution in [0.25, 0.3) is 22.4 Å². The number of anilines is 1. The highest BCUT2D eigenvalue weighted by Gasteiger charge is 2.18. The van der Waals surface area contributed by atoms with Crippen LogP contribution in [0.3, 0.4) is 0 Å². The minimum absolute atomic E-state index is 0.335. The van der Waals surface area contributed by atoms with Crippen molar-refractivity contribution in [1.29, 1.82) is 0 Å². The lowest BCUT2D eigenvalue weighted by Crippen LogP contribution is -1.89. The van der Waals surface area contributed by atoms with E-state index >= 15 is 0 Å². The van der Waals surface area contributed by atoms with Gasteiger partial charge in [-0.1, -0.05) is 57.5 Å². The maximum Gasteiger partial charge on any atom is 0.230 e.